The first-order valence-corrected chi connectivity index (χ1v) is 22.7. The predicted molar refractivity (Wildman–Crippen MR) is 222 cm³/mol. The largest absolute Gasteiger partial charge is 0.394 e. The molecule has 5 aliphatic heterocycles. The Morgan fingerprint density at radius 2 is 0.958 bits per heavy atom. The molecule has 5 heterocycles. The van der Waals surface area contributed by atoms with Gasteiger partial charge in [0.25, 0.3) is 0 Å². The number of amides is 2. The maximum absolute atomic E-state index is 13.1. The van der Waals surface area contributed by atoms with Crippen molar-refractivity contribution in [2.45, 2.75) is 206 Å². The standard InChI is InChI=1S/C40H70N2O29/c1-10-20(51)25(56)28(59)37(62-10)69-33-19(42-13(4)49)36(70-34-24(55)17(8-46)64-39(30(34)61)67-31(22(53)15(50)6-44)14(5-43)41-12(3)48)66-18(9-47)32(33)68-40-35(27(58)23(54)16(7-45)65-40)71-38-29(60)26(57)21(52)11(2)63-38/h10-11,14-40,43-47,50-61H,5-9H2,1-4H3,(H,41,48)(H,42,49)/t10-,11-,14-,15+,16+,17+,18+,19+,20+,21+,22-,23-,24-,25+,26+,27-,28-,29-,30+,31+,32+,33+,34-,35+,36-,37-,38-,39-,40-/m0/s1. The summed E-state index contributed by atoms with van der Waals surface area (Å²) in [5, 5.41) is 187. The summed E-state index contributed by atoms with van der Waals surface area (Å²) in [5.41, 5.74) is 0. The first kappa shape index (κ1) is 59.7. The third-order valence-corrected chi connectivity index (χ3v) is 12.8. The average molecular weight is 1040 g/mol. The molecule has 31 nitrogen and oxygen atoms in total. The van der Waals surface area contributed by atoms with Gasteiger partial charge in [-0.15, -0.1) is 0 Å². The maximum Gasteiger partial charge on any atom is 0.217 e. The van der Waals surface area contributed by atoms with Crippen LogP contribution in [0.2, 0.25) is 0 Å². The lowest BCUT2D eigenvalue weighted by Gasteiger charge is -2.52. The minimum Gasteiger partial charge on any atom is -0.394 e. The Kier molecular flexibility index (Phi) is 21.9. The second-order valence-corrected chi connectivity index (χ2v) is 18.0. The zero-order chi connectivity index (χ0) is 52.9. The molecule has 0 aromatic rings. The highest BCUT2D eigenvalue weighted by Crippen LogP contribution is 2.38. The lowest BCUT2D eigenvalue weighted by Crippen LogP contribution is -2.71. The number of rotatable bonds is 20. The van der Waals surface area contributed by atoms with Crippen molar-refractivity contribution in [3.05, 3.63) is 0 Å². The molecule has 0 spiro atoms. The quantitative estimate of drug-likeness (QED) is 0.0538. The molecule has 0 aliphatic carbocycles. The highest BCUT2D eigenvalue weighted by molar-refractivity contribution is 5.73. The topological polar surface area (TPSA) is 494 Å². The lowest BCUT2D eigenvalue weighted by atomic mass is 9.93. The van der Waals surface area contributed by atoms with Crippen molar-refractivity contribution in [2.75, 3.05) is 33.0 Å². The maximum atomic E-state index is 13.1. The molecule has 2 amide bonds. The Balaban J connectivity index is 1.56. The van der Waals surface area contributed by atoms with Crippen LogP contribution >= 0.6 is 0 Å². The van der Waals surface area contributed by atoms with E-state index in [2.05, 4.69) is 10.6 Å². The van der Waals surface area contributed by atoms with Crippen molar-refractivity contribution in [3.8, 4) is 0 Å². The van der Waals surface area contributed by atoms with E-state index < -0.39 is 223 Å². The van der Waals surface area contributed by atoms with Crippen molar-refractivity contribution in [2.24, 2.45) is 0 Å². The highest BCUT2D eigenvalue weighted by Gasteiger charge is 2.58. The van der Waals surface area contributed by atoms with Crippen LogP contribution in [0, 0.1) is 0 Å². The minimum absolute atomic E-state index is 0.770. The molecule has 0 aromatic heterocycles. The smallest absolute Gasteiger partial charge is 0.217 e. The van der Waals surface area contributed by atoms with E-state index in [9.17, 15) is 96.4 Å². The van der Waals surface area contributed by atoms with Crippen molar-refractivity contribution in [1.82, 2.24) is 10.6 Å². The minimum atomic E-state index is -2.26. The van der Waals surface area contributed by atoms with Gasteiger partial charge in [0.1, 0.15) is 128 Å². The molecule has 19 N–H and O–H groups in total. The Hall–Kier alpha value is -2.14. The predicted octanol–water partition coefficient (Wildman–Crippen LogP) is -12.1. The van der Waals surface area contributed by atoms with E-state index in [-0.39, 0.29) is 0 Å². The molecule has 414 valence electrons. The van der Waals surface area contributed by atoms with Crippen LogP contribution in [0.15, 0.2) is 0 Å². The van der Waals surface area contributed by atoms with E-state index in [1.165, 1.54) is 13.8 Å². The zero-order valence-electron chi connectivity index (χ0n) is 38.8. The molecular formula is C40H70N2O29. The van der Waals surface area contributed by atoms with Gasteiger partial charge in [-0.3, -0.25) is 9.59 Å². The van der Waals surface area contributed by atoms with Crippen LogP contribution in [0.25, 0.3) is 0 Å². The molecular weight excluding hydrogens is 972 g/mol. The monoisotopic (exact) mass is 1040 g/mol. The second kappa shape index (κ2) is 26.1. The number of carbonyl (C=O) groups excluding carboxylic acids is 2. The second-order valence-electron chi connectivity index (χ2n) is 18.0. The molecule has 0 radical (unpaired) electrons. The van der Waals surface area contributed by atoms with Crippen LogP contribution in [0.1, 0.15) is 27.7 Å². The number of hydrogen-bond acceptors (Lipinski definition) is 29. The fraction of sp³-hybridized carbons (Fsp3) is 0.950. The van der Waals surface area contributed by atoms with Crippen LogP contribution in [0.4, 0.5) is 0 Å². The number of carbonyl (C=O) groups is 2. The fourth-order valence-corrected chi connectivity index (χ4v) is 8.78. The first-order valence-electron chi connectivity index (χ1n) is 22.7. The van der Waals surface area contributed by atoms with E-state index in [4.69, 9.17) is 47.4 Å². The fourth-order valence-electron chi connectivity index (χ4n) is 8.78. The Bertz CT molecular complexity index is 1660. The molecule has 5 saturated heterocycles. The lowest BCUT2D eigenvalue weighted by molar-refractivity contribution is -0.399. The van der Waals surface area contributed by atoms with Gasteiger partial charge < -0.3 is 145 Å². The highest BCUT2D eigenvalue weighted by atomic mass is 16.8. The summed E-state index contributed by atoms with van der Waals surface area (Å²) in [6.45, 7) is -0.563. The number of aliphatic hydroxyl groups excluding tert-OH is 17. The molecule has 0 bridgehead atoms. The number of nitrogens with one attached hydrogen (secondary N) is 2. The normalized spacial score (nSPS) is 46.1. The summed E-state index contributed by atoms with van der Waals surface area (Å²) in [6.07, 6.45) is -51.4. The van der Waals surface area contributed by atoms with Gasteiger partial charge in [-0.2, -0.15) is 0 Å². The molecule has 0 unspecified atom stereocenters. The van der Waals surface area contributed by atoms with Crippen molar-refractivity contribution >= 4 is 11.8 Å². The Morgan fingerprint density at radius 1 is 0.479 bits per heavy atom. The van der Waals surface area contributed by atoms with Crippen LogP contribution in [0.3, 0.4) is 0 Å². The molecule has 5 aliphatic rings. The van der Waals surface area contributed by atoms with Gasteiger partial charge in [-0.25, -0.2) is 0 Å². The van der Waals surface area contributed by atoms with Crippen molar-refractivity contribution in [1.29, 1.82) is 0 Å². The van der Waals surface area contributed by atoms with Gasteiger partial charge in [0.05, 0.1) is 51.3 Å². The third-order valence-electron chi connectivity index (χ3n) is 12.8. The summed E-state index contributed by atoms with van der Waals surface area (Å²) >= 11 is 0. The summed E-state index contributed by atoms with van der Waals surface area (Å²) in [5.74, 6) is -1.68. The van der Waals surface area contributed by atoms with Crippen molar-refractivity contribution < 1.29 is 144 Å². The molecule has 31 heteroatoms. The van der Waals surface area contributed by atoms with E-state index >= 15 is 0 Å². The van der Waals surface area contributed by atoms with E-state index in [0.29, 0.717) is 0 Å². The third kappa shape index (κ3) is 13.5. The van der Waals surface area contributed by atoms with Gasteiger partial charge in [0, 0.05) is 13.8 Å². The molecule has 5 fully saturated rings. The van der Waals surface area contributed by atoms with Gasteiger partial charge >= 0.3 is 0 Å². The summed E-state index contributed by atoms with van der Waals surface area (Å²) < 4.78 is 58.9. The van der Waals surface area contributed by atoms with Gasteiger partial charge in [-0.1, -0.05) is 0 Å². The zero-order valence-corrected chi connectivity index (χ0v) is 38.8. The SMILES string of the molecule is CC(=O)N[C@H]1[C@H](O[C@H]2[C@@H](O)[C@@H](CO)O[C@@H](O[C@@H]([C@@H](O)[C@H](O)CO)[C@H](CO)NC(C)=O)[C@@H]2O)O[C@H](CO)[C@@H](O[C@@H]2O[C@H](CO)[C@H](O)[C@H](O)[C@H]2O[C@@H]2O[C@@H](C)[C@@H](O)[C@@H](O)[C@@H]2O)[C@@H]1O[C@@H]1O[C@@H](C)[C@@H](O)[C@@H](O)[C@@H]1O. The van der Waals surface area contributed by atoms with Crippen LogP contribution < -0.4 is 10.6 Å². The van der Waals surface area contributed by atoms with Gasteiger partial charge in [0.15, 0.2) is 31.5 Å². The average Bonchev–Trinajstić information content (AvgIpc) is 3.33. The number of aliphatic hydroxyl groups is 17. The van der Waals surface area contributed by atoms with E-state index in [0.717, 1.165) is 13.8 Å². The molecule has 0 saturated carbocycles. The first-order chi connectivity index (χ1) is 33.4. The number of ether oxygens (including phenoxy) is 10. The molecule has 0 aromatic carbocycles. The van der Waals surface area contributed by atoms with E-state index in [1.54, 1.807) is 0 Å². The van der Waals surface area contributed by atoms with Crippen molar-refractivity contribution in [3.63, 3.8) is 0 Å². The van der Waals surface area contributed by atoms with E-state index in [1.807, 2.05) is 0 Å². The summed E-state index contributed by atoms with van der Waals surface area (Å²) in [4.78, 5) is 25.1. The number of hydrogen-bond donors (Lipinski definition) is 19. The van der Waals surface area contributed by atoms with Crippen LogP contribution in [0.5, 0.6) is 0 Å². The molecule has 5 rings (SSSR count). The summed E-state index contributed by atoms with van der Waals surface area (Å²) in [6, 6.07) is -3.44. The van der Waals surface area contributed by atoms with Crippen LogP contribution in [-0.4, -0.2) is 309 Å². The van der Waals surface area contributed by atoms with Gasteiger partial charge in [0.2, 0.25) is 11.8 Å². The van der Waals surface area contributed by atoms with Crippen LogP contribution in [-0.2, 0) is 57.0 Å². The Labute approximate surface area is 404 Å². The van der Waals surface area contributed by atoms with Gasteiger partial charge in [-0.05, 0) is 13.8 Å². The molecule has 71 heavy (non-hydrogen) atoms. The Morgan fingerprint density at radius 3 is 1.45 bits per heavy atom. The summed E-state index contributed by atoms with van der Waals surface area (Å²) in [7, 11) is 0. The molecule has 29 atom stereocenters.